The number of hydrogen-bond acceptors (Lipinski definition) is 7. The van der Waals surface area contributed by atoms with E-state index in [2.05, 4.69) is 25.8 Å². The highest BCUT2D eigenvalue weighted by molar-refractivity contribution is 7.99. The van der Waals surface area contributed by atoms with E-state index in [0.717, 1.165) is 11.3 Å². The van der Waals surface area contributed by atoms with E-state index >= 15 is 0 Å². The zero-order valence-corrected chi connectivity index (χ0v) is 20.5. The van der Waals surface area contributed by atoms with Crippen LogP contribution in [-0.2, 0) is 11.3 Å². The molecule has 2 N–H and O–H groups in total. The molecule has 0 bridgehead atoms. The van der Waals surface area contributed by atoms with E-state index in [1.165, 1.54) is 23.1 Å². The first-order chi connectivity index (χ1) is 15.3. The number of rotatable bonds is 9. The highest BCUT2D eigenvalue weighted by atomic mass is 32.2. The second-order valence-electron chi connectivity index (χ2n) is 7.78. The van der Waals surface area contributed by atoms with Crippen molar-refractivity contribution in [3.05, 3.63) is 52.3 Å². The Morgan fingerprint density at radius 1 is 1.22 bits per heavy atom. The van der Waals surface area contributed by atoms with Crippen LogP contribution in [0, 0.1) is 19.8 Å². The summed E-state index contributed by atoms with van der Waals surface area (Å²) in [5.74, 6) is 0.684. The van der Waals surface area contributed by atoms with Gasteiger partial charge < -0.3 is 15.2 Å². The van der Waals surface area contributed by atoms with Crippen LogP contribution in [0.1, 0.15) is 54.3 Å². The lowest BCUT2D eigenvalue weighted by molar-refractivity contribution is -0.113. The molecule has 8 nitrogen and oxygen atoms in total. The maximum Gasteiger partial charge on any atom is 0.251 e. The highest BCUT2D eigenvalue weighted by Gasteiger charge is 2.26. The fourth-order valence-corrected chi connectivity index (χ4v) is 4.68. The number of amides is 2. The summed E-state index contributed by atoms with van der Waals surface area (Å²) in [4.78, 5) is 29.4. The van der Waals surface area contributed by atoms with Gasteiger partial charge in [-0.1, -0.05) is 43.3 Å². The first kappa shape index (κ1) is 23.9. The summed E-state index contributed by atoms with van der Waals surface area (Å²) < 4.78 is 1.95. The van der Waals surface area contributed by atoms with Gasteiger partial charge >= 0.3 is 0 Å². The van der Waals surface area contributed by atoms with Crippen molar-refractivity contribution in [3.63, 3.8) is 0 Å². The molecule has 10 heteroatoms. The number of anilines is 1. The number of aryl methyl sites for hydroxylation is 2. The van der Waals surface area contributed by atoms with Crippen LogP contribution >= 0.6 is 23.1 Å². The topological polar surface area (TPSA) is 102 Å². The molecule has 0 saturated heterocycles. The molecule has 170 valence electrons. The monoisotopic (exact) mass is 472 g/mol. The minimum atomic E-state index is -0.308. The molecule has 2 amide bonds. The van der Waals surface area contributed by atoms with Gasteiger partial charge in [-0.2, -0.15) is 0 Å². The molecule has 0 fully saturated rings. The van der Waals surface area contributed by atoms with Crippen LogP contribution in [0.2, 0.25) is 0 Å². The summed E-state index contributed by atoms with van der Waals surface area (Å²) in [6.45, 7) is 10.5. The SMILES string of the molecule is CCn1c(SCC(=O)Nc2nc(C)cs2)nnc1C(NC(=O)c1cccc(C)c1)C(C)C. The van der Waals surface area contributed by atoms with Crippen LogP contribution in [0.3, 0.4) is 0 Å². The third-order valence-electron chi connectivity index (χ3n) is 4.77. The Morgan fingerprint density at radius 2 is 2.00 bits per heavy atom. The van der Waals surface area contributed by atoms with Crippen LogP contribution in [0.25, 0.3) is 0 Å². The van der Waals surface area contributed by atoms with Gasteiger partial charge in [0, 0.05) is 17.5 Å². The summed E-state index contributed by atoms with van der Waals surface area (Å²) in [6, 6.07) is 7.18. The van der Waals surface area contributed by atoms with Gasteiger partial charge in [0.15, 0.2) is 16.1 Å². The third kappa shape index (κ3) is 5.95. The largest absolute Gasteiger partial charge is 0.342 e. The van der Waals surface area contributed by atoms with E-state index in [-0.39, 0.29) is 29.5 Å². The normalized spacial score (nSPS) is 12.1. The van der Waals surface area contributed by atoms with Crippen molar-refractivity contribution in [2.45, 2.75) is 52.4 Å². The molecule has 2 heterocycles. The molecule has 0 radical (unpaired) electrons. The van der Waals surface area contributed by atoms with Gasteiger partial charge in [-0.05, 0) is 38.8 Å². The standard InChI is InChI=1S/C22H28N6O2S2/c1-6-28-19(18(13(2)3)25-20(30)16-9-7-8-14(4)10-16)26-27-22(28)32-12-17(29)24-21-23-15(5)11-31-21/h7-11,13,18H,6,12H2,1-5H3,(H,25,30)(H,23,24,29). The Kier molecular flexibility index (Phi) is 8.03. The van der Waals surface area contributed by atoms with Gasteiger partial charge in [0.2, 0.25) is 5.91 Å². The lowest BCUT2D eigenvalue weighted by atomic mass is 10.0. The number of hydrogen-bond donors (Lipinski definition) is 2. The van der Waals surface area contributed by atoms with E-state index in [4.69, 9.17) is 0 Å². The van der Waals surface area contributed by atoms with Crippen molar-refractivity contribution in [3.8, 4) is 0 Å². The molecule has 0 aliphatic carbocycles. The lowest BCUT2D eigenvalue weighted by Crippen LogP contribution is -2.33. The van der Waals surface area contributed by atoms with E-state index in [1.54, 1.807) is 6.07 Å². The average molecular weight is 473 g/mol. The summed E-state index contributed by atoms with van der Waals surface area (Å²) in [5.41, 5.74) is 2.52. The molecule has 1 aromatic carbocycles. The van der Waals surface area contributed by atoms with E-state index in [1.807, 2.05) is 62.8 Å². The maximum atomic E-state index is 12.9. The molecular weight excluding hydrogens is 444 g/mol. The van der Waals surface area contributed by atoms with Gasteiger partial charge in [-0.15, -0.1) is 21.5 Å². The van der Waals surface area contributed by atoms with Gasteiger partial charge in [0.05, 0.1) is 17.5 Å². The maximum absolute atomic E-state index is 12.9. The molecule has 3 aromatic rings. The summed E-state index contributed by atoms with van der Waals surface area (Å²) in [7, 11) is 0. The number of nitrogens with one attached hydrogen (secondary N) is 2. The molecule has 0 aliphatic heterocycles. The molecule has 2 aromatic heterocycles. The number of carbonyl (C=O) groups is 2. The van der Waals surface area contributed by atoms with Crippen LogP contribution in [0.15, 0.2) is 34.8 Å². The fourth-order valence-electron chi connectivity index (χ4n) is 3.17. The Balaban J connectivity index is 1.71. The summed E-state index contributed by atoms with van der Waals surface area (Å²) in [5, 5.41) is 17.7. The molecule has 0 saturated carbocycles. The Bertz CT molecular complexity index is 1090. The van der Waals surface area contributed by atoms with Gasteiger partial charge in [-0.3, -0.25) is 9.59 Å². The molecule has 3 rings (SSSR count). The minimum absolute atomic E-state index is 0.104. The van der Waals surface area contributed by atoms with Crippen molar-refractivity contribution >= 4 is 40.0 Å². The number of thioether (sulfide) groups is 1. The van der Waals surface area contributed by atoms with Crippen molar-refractivity contribution in [2.24, 2.45) is 5.92 Å². The molecule has 0 aliphatic rings. The second-order valence-corrected chi connectivity index (χ2v) is 9.58. The Morgan fingerprint density at radius 3 is 2.62 bits per heavy atom. The van der Waals surface area contributed by atoms with Crippen LogP contribution < -0.4 is 10.6 Å². The number of nitrogens with zero attached hydrogens (tertiary/aromatic N) is 4. The first-order valence-electron chi connectivity index (χ1n) is 10.4. The molecule has 32 heavy (non-hydrogen) atoms. The Labute approximate surface area is 196 Å². The smallest absolute Gasteiger partial charge is 0.251 e. The zero-order valence-electron chi connectivity index (χ0n) is 18.9. The van der Waals surface area contributed by atoms with Crippen molar-refractivity contribution in [1.29, 1.82) is 0 Å². The molecular formula is C22H28N6O2S2. The van der Waals surface area contributed by atoms with Crippen molar-refractivity contribution in [2.75, 3.05) is 11.1 Å². The predicted octanol–water partition coefficient (Wildman–Crippen LogP) is 4.23. The van der Waals surface area contributed by atoms with Crippen LogP contribution in [0.5, 0.6) is 0 Å². The van der Waals surface area contributed by atoms with Crippen LogP contribution in [-0.4, -0.2) is 37.3 Å². The van der Waals surface area contributed by atoms with E-state index in [0.29, 0.717) is 28.2 Å². The highest BCUT2D eigenvalue weighted by Crippen LogP contribution is 2.26. The minimum Gasteiger partial charge on any atom is -0.342 e. The lowest BCUT2D eigenvalue weighted by Gasteiger charge is -2.22. The van der Waals surface area contributed by atoms with E-state index < -0.39 is 0 Å². The van der Waals surface area contributed by atoms with E-state index in [9.17, 15) is 9.59 Å². The molecule has 0 spiro atoms. The van der Waals surface area contributed by atoms with Gasteiger partial charge in [0.1, 0.15) is 0 Å². The summed E-state index contributed by atoms with van der Waals surface area (Å²) >= 11 is 2.71. The van der Waals surface area contributed by atoms with Crippen molar-refractivity contribution in [1.82, 2.24) is 25.1 Å². The third-order valence-corrected chi connectivity index (χ3v) is 6.61. The van der Waals surface area contributed by atoms with Crippen LogP contribution in [0.4, 0.5) is 5.13 Å². The van der Waals surface area contributed by atoms with Gasteiger partial charge in [0.25, 0.3) is 5.91 Å². The zero-order chi connectivity index (χ0) is 23.3. The average Bonchev–Trinajstić information content (AvgIpc) is 3.35. The fraction of sp³-hybridized carbons (Fsp3) is 0.409. The molecule has 1 unspecified atom stereocenters. The first-order valence-corrected chi connectivity index (χ1v) is 12.3. The number of carbonyl (C=O) groups excluding carboxylic acids is 2. The second kappa shape index (κ2) is 10.7. The number of benzene rings is 1. The van der Waals surface area contributed by atoms with Crippen molar-refractivity contribution < 1.29 is 9.59 Å². The summed E-state index contributed by atoms with van der Waals surface area (Å²) in [6.07, 6.45) is 0. The number of aromatic nitrogens is 4. The Hall–Kier alpha value is -2.72. The number of thiazole rings is 1. The predicted molar refractivity (Wildman–Crippen MR) is 128 cm³/mol. The van der Waals surface area contributed by atoms with Gasteiger partial charge in [-0.25, -0.2) is 4.98 Å². The quantitative estimate of drug-likeness (QED) is 0.452. The molecule has 1 atom stereocenters.